The molecular weight excluding hydrogens is 258 g/mol. The van der Waals surface area contributed by atoms with E-state index in [4.69, 9.17) is 11.6 Å². The van der Waals surface area contributed by atoms with E-state index in [2.05, 4.69) is 4.98 Å². The van der Waals surface area contributed by atoms with Crippen molar-refractivity contribution in [3.05, 3.63) is 35.0 Å². The van der Waals surface area contributed by atoms with Gasteiger partial charge in [-0.1, -0.05) is 17.7 Å². The first-order valence-corrected chi connectivity index (χ1v) is 7.47. The number of benzene rings is 1. The van der Waals surface area contributed by atoms with E-state index in [0.717, 1.165) is 16.5 Å². The summed E-state index contributed by atoms with van der Waals surface area (Å²) in [5.74, 6) is 0.0222. The summed E-state index contributed by atoms with van der Waals surface area (Å²) in [6.07, 6.45) is 1.72. The van der Waals surface area contributed by atoms with Gasteiger partial charge in [0, 0.05) is 17.1 Å². The summed E-state index contributed by atoms with van der Waals surface area (Å²) < 4.78 is 23.8. The Bertz CT molecular complexity index is 644. The van der Waals surface area contributed by atoms with Crippen molar-refractivity contribution in [3.8, 4) is 0 Å². The van der Waals surface area contributed by atoms with Crippen molar-refractivity contribution < 1.29 is 8.42 Å². The average molecular weight is 272 g/mol. The van der Waals surface area contributed by atoms with E-state index in [9.17, 15) is 8.42 Å². The number of fused-ring (bicyclic) bond motifs is 1. The van der Waals surface area contributed by atoms with E-state index in [1.165, 1.54) is 0 Å². The number of nitrogens with one attached hydrogen (secondary N) is 1. The second-order valence-electron chi connectivity index (χ2n) is 4.33. The quantitative estimate of drug-likeness (QED) is 0.932. The van der Waals surface area contributed by atoms with Crippen LogP contribution < -0.4 is 0 Å². The molecule has 0 unspecified atom stereocenters. The first-order chi connectivity index (χ1) is 7.92. The summed E-state index contributed by atoms with van der Waals surface area (Å²) in [6.45, 7) is 3.37. The second kappa shape index (κ2) is 4.35. The highest BCUT2D eigenvalue weighted by Crippen LogP contribution is 2.28. The molecule has 0 fully saturated rings. The molecule has 0 radical (unpaired) electrons. The van der Waals surface area contributed by atoms with E-state index in [1.54, 1.807) is 26.1 Å². The van der Waals surface area contributed by atoms with Gasteiger partial charge in [0.05, 0.1) is 16.0 Å². The van der Waals surface area contributed by atoms with Gasteiger partial charge in [0.1, 0.15) is 0 Å². The minimum atomic E-state index is -3.11. The van der Waals surface area contributed by atoms with Crippen molar-refractivity contribution in [1.29, 1.82) is 0 Å². The van der Waals surface area contributed by atoms with Gasteiger partial charge in [-0.2, -0.15) is 0 Å². The minimum Gasteiger partial charge on any atom is -0.361 e. The van der Waals surface area contributed by atoms with E-state index in [-0.39, 0.29) is 11.0 Å². The molecule has 5 heteroatoms. The lowest BCUT2D eigenvalue weighted by Crippen LogP contribution is -2.15. The van der Waals surface area contributed by atoms with Crippen molar-refractivity contribution in [2.45, 2.75) is 24.9 Å². The molecule has 0 aliphatic heterocycles. The highest BCUT2D eigenvalue weighted by atomic mass is 35.5. The maximum absolute atomic E-state index is 11.9. The van der Waals surface area contributed by atoms with E-state index in [0.29, 0.717) is 5.02 Å². The fourth-order valence-corrected chi connectivity index (χ4v) is 3.00. The van der Waals surface area contributed by atoms with Gasteiger partial charge in [-0.15, -0.1) is 0 Å². The molecule has 3 nitrogen and oxygen atoms in total. The van der Waals surface area contributed by atoms with Gasteiger partial charge in [0.2, 0.25) is 0 Å². The van der Waals surface area contributed by atoms with Crippen LogP contribution in [0.15, 0.2) is 24.4 Å². The Balaban J connectivity index is 2.51. The molecule has 17 heavy (non-hydrogen) atoms. The van der Waals surface area contributed by atoms with Gasteiger partial charge in [0.25, 0.3) is 0 Å². The molecule has 0 bridgehead atoms. The molecule has 0 amide bonds. The first kappa shape index (κ1) is 12.5. The third-order valence-electron chi connectivity index (χ3n) is 2.81. The van der Waals surface area contributed by atoms with Crippen LogP contribution in [0, 0.1) is 0 Å². The lowest BCUT2D eigenvalue weighted by atomic mass is 10.2. The molecule has 0 atom stereocenters. The number of H-pyrrole nitrogens is 1. The van der Waals surface area contributed by atoms with Gasteiger partial charge in [-0.05, 0) is 31.5 Å². The van der Waals surface area contributed by atoms with Crippen LogP contribution in [0.25, 0.3) is 10.9 Å². The molecule has 1 heterocycles. The van der Waals surface area contributed by atoms with Crippen LogP contribution in [0.3, 0.4) is 0 Å². The number of sulfone groups is 1. The monoisotopic (exact) mass is 271 g/mol. The van der Waals surface area contributed by atoms with Gasteiger partial charge >= 0.3 is 0 Å². The lowest BCUT2D eigenvalue weighted by Gasteiger charge is -2.07. The molecule has 0 aliphatic carbocycles. The fraction of sp³-hybridized carbons (Fsp3) is 0.333. The first-order valence-electron chi connectivity index (χ1n) is 5.38. The summed E-state index contributed by atoms with van der Waals surface area (Å²) in [6, 6.07) is 5.48. The highest BCUT2D eigenvalue weighted by Gasteiger charge is 2.19. The minimum absolute atomic E-state index is 0.0222. The van der Waals surface area contributed by atoms with E-state index < -0.39 is 9.84 Å². The molecule has 0 saturated carbocycles. The summed E-state index contributed by atoms with van der Waals surface area (Å²) in [5.41, 5.74) is 1.60. The van der Waals surface area contributed by atoms with Crippen LogP contribution in [0.4, 0.5) is 0 Å². The van der Waals surface area contributed by atoms with Gasteiger partial charge in [-0.25, -0.2) is 8.42 Å². The Kier molecular flexibility index (Phi) is 3.19. The smallest absolute Gasteiger partial charge is 0.156 e. The van der Waals surface area contributed by atoms with Crippen molar-refractivity contribution in [2.75, 3.05) is 0 Å². The van der Waals surface area contributed by atoms with E-state index >= 15 is 0 Å². The highest BCUT2D eigenvalue weighted by molar-refractivity contribution is 7.91. The predicted octanol–water partition coefficient (Wildman–Crippen LogP) is 3.14. The largest absolute Gasteiger partial charge is 0.361 e. The zero-order valence-electron chi connectivity index (χ0n) is 9.70. The summed E-state index contributed by atoms with van der Waals surface area (Å²) in [5, 5.41) is 1.01. The summed E-state index contributed by atoms with van der Waals surface area (Å²) >= 11 is 6.10. The third-order valence-corrected chi connectivity index (χ3v) is 5.28. The molecule has 92 valence electrons. The van der Waals surface area contributed by atoms with E-state index in [1.807, 2.05) is 12.1 Å². The Hall–Kier alpha value is -1.00. The van der Waals surface area contributed by atoms with Gasteiger partial charge in [0.15, 0.2) is 9.84 Å². The number of hydrogen-bond acceptors (Lipinski definition) is 2. The van der Waals surface area contributed by atoms with Gasteiger partial charge in [-0.3, -0.25) is 0 Å². The maximum Gasteiger partial charge on any atom is 0.156 e. The topological polar surface area (TPSA) is 49.9 Å². The van der Waals surface area contributed by atoms with Crippen molar-refractivity contribution in [2.24, 2.45) is 0 Å². The lowest BCUT2D eigenvalue weighted by molar-refractivity contribution is 0.586. The fourth-order valence-electron chi connectivity index (χ4n) is 1.71. The summed E-state index contributed by atoms with van der Waals surface area (Å²) in [7, 11) is -3.11. The van der Waals surface area contributed by atoms with Crippen LogP contribution in [0.1, 0.15) is 19.4 Å². The molecular formula is C12H14ClNO2S. The molecule has 0 spiro atoms. The maximum atomic E-state index is 11.9. The Morgan fingerprint density at radius 3 is 2.71 bits per heavy atom. The summed E-state index contributed by atoms with van der Waals surface area (Å²) in [4.78, 5) is 3.04. The predicted molar refractivity (Wildman–Crippen MR) is 71.1 cm³/mol. The molecule has 0 aliphatic rings. The van der Waals surface area contributed by atoms with Crippen molar-refractivity contribution in [1.82, 2.24) is 4.98 Å². The number of aromatic nitrogens is 1. The van der Waals surface area contributed by atoms with Crippen LogP contribution in [0.2, 0.25) is 5.02 Å². The Morgan fingerprint density at radius 1 is 1.35 bits per heavy atom. The number of aromatic amines is 1. The molecule has 0 saturated heterocycles. The number of hydrogen-bond donors (Lipinski definition) is 1. The van der Waals surface area contributed by atoms with Crippen molar-refractivity contribution >= 4 is 32.3 Å². The van der Waals surface area contributed by atoms with Crippen LogP contribution in [0.5, 0.6) is 0 Å². The third kappa shape index (κ3) is 2.33. The second-order valence-corrected chi connectivity index (χ2v) is 7.30. The number of rotatable bonds is 3. The van der Waals surface area contributed by atoms with Crippen LogP contribution >= 0.6 is 11.6 Å². The molecule has 1 aromatic carbocycles. The zero-order valence-corrected chi connectivity index (χ0v) is 11.3. The molecule has 2 aromatic rings. The molecule has 2 rings (SSSR count). The van der Waals surface area contributed by atoms with Crippen LogP contribution in [-0.2, 0) is 15.6 Å². The Morgan fingerprint density at radius 2 is 2.06 bits per heavy atom. The SMILES string of the molecule is CC(C)S(=O)(=O)Cc1c[nH]c2cccc(Cl)c12. The molecule has 1 N–H and O–H groups in total. The van der Waals surface area contributed by atoms with Crippen LogP contribution in [-0.4, -0.2) is 18.7 Å². The Labute approximate surface area is 106 Å². The van der Waals surface area contributed by atoms with Gasteiger partial charge < -0.3 is 4.98 Å². The average Bonchev–Trinajstić information content (AvgIpc) is 2.62. The standard InChI is InChI=1S/C12H14ClNO2S/c1-8(2)17(15,16)7-9-6-14-11-5-3-4-10(13)12(9)11/h3-6,8,14H,7H2,1-2H3. The normalized spacial score (nSPS) is 12.5. The number of halogens is 1. The zero-order chi connectivity index (χ0) is 12.6. The molecule has 1 aromatic heterocycles. The van der Waals surface area contributed by atoms with Crippen molar-refractivity contribution in [3.63, 3.8) is 0 Å².